The quantitative estimate of drug-likeness (QED) is 0.0324. The lowest BCUT2D eigenvalue weighted by molar-refractivity contribution is -0.167. The SMILES string of the molecule is CCCCCCCCCCCC(=O)OCC(COC(=O)CCCCCCCCCCC)OC(=O)CCCCCCCCCCC.OCC(O)CO. The van der Waals surface area contributed by atoms with Crippen LogP contribution in [0.5, 0.6) is 0 Å². The number of hydrogen-bond acceptors (Lipinski definition) is 9. The van der Waals surface area contributed by atoms with Crippen LogP contribution in [-0.4, -0.2) is 71.9 Å². The Morgan fingerprint density at radius 1 is 0.412 bits per heavy atom. The second-order valence-corrected chi connectivity index (χ2v) is 14.2. The van der Waals surface area contributed by atoms with Gasteiger partial charge in [-0.15, -0.1) is 0 Å². The van der Waals surface area contributed by atoms with E-state index in [2.05, 4.69) is 20.8 Å². The Hall–Kier alpha value is -1.71. The summed E-state index contributed by atoms with van der Waals surface area (Å²) in [7, 11) is 0. The lowest BCUT2D eigenvalue weighted by atomic mass is 10.1. The van der Waals surface area contributed by atoms with Gasteiger partial charge in [0.2, 0.25) is 0 Å². The predicted octanol–water partition coefficient (Wildman–Crippen LogP) is 10.1. The molecular weight excluding hydrogens is 648 g/mol. The normalized spacial score (nSPS) is 11.1. The maximum Gasteiger partial charge on any atom is 0.306 e. The van der Waals surface area contributed by atoms with Crippen LogP contribution in [0.25, 0.3) is 0 Å². The van der Waals surface area contributed by atoms with Gasteiger partial charge in [-0.25, -0.2) is 0 Å². The Bertz CT molecular complexity index is 704. The molecule has 0 rings (SSSR count). The third-order valence-corrected chi connectivity index (χ3v) is 9.03. The van der Waals surface area contributed by atoms with Crippen molar-refractivity contribution in [2.75, 3.05) is 26.4 Å². The zero-order chi connectivity index (χ0) is 38.0. The minimum Gasteiger partial charge on any atom is -0.462 e. The average molecular weight is 731 g/mol. The summed E-state index contributed by atoms with van der Waals surface area (Å²) in [6, 6.07) is 0. The Labute approximate surface area is 313 Å². The van der Waals surface area contributed by atoms with E-state index in [9.17, 15) is 14.4 Å². The molecule has 0 spiro atoms. The summed E-state index contributed by atoms with van der Waals surface area (Å²) in [6.45, 7) is 5.84. The fourth-order valence-electron chi connectivity index (χ4n) is 5.67. The van der Waals surface area contributed by atoms with Crippen LogP contribution in [0.1, 0.15) is 213 Å². The number of unbranched alkanes of at least 4 members (excludes halogenated alkanes) is 24. The van der Waals surface area contributed by atoms with Crippen molar-refractivity contribution in [1.82, 2.24) is 0 Å². The van der Waals surface area contributed by atoms with Crippen LogP contribution in [-0.2, 0) is 28.6 Å². The van der Waals surface area contributed by atoms with Crippen LogP contribution in [0, 0.1) is 0 Å². The van der Waals surface area contributed by atoms with Crippen LogP contribution in [0.4, 0.5) is 0 Å². The highest BCUT2D eigenvalue weighted by molar-refractivity contribution is 5.71. The lowest BCUT2D eigenvalue weighted by Gasteiger charge is -2.18. The minimum atomic E-state index is -0.954. The van der Waals surface area contributed by atoms with Gasteiger partial charge >= 0.3 is 17.9 Å². The van der Waals surface area contributed by atoms with Gasteiger partial charge in [-0.1, -0.05) is 175 Å². The number of carbonyl (C=O) groups excluding carboxylic acids is 3. The van der Waals surface area contributed by atoms with Gasteiger partial charge in [-0.05, 0) is 19.3 Å². The first kappa shape index (κ1) is 51.4. The standard InChI is InChI=1S/C39H74O6.C3H8O3/c1-4-7-10-13-16-19-22-25-28-31-37(40)43-34-36(45-39(42)33-30-27-24-21-18-15-12-9-6-3)35-44-38(41)32-29-26-23-20-17-14-11-8-5-2;4-1-3(6)2-5/h36H,4-35H2,1-3H3;3-6H,1-2H2. The molecule has 0 fully saturated rings. The van der Waals surface area contributed by atoms with Gasteiger partial charge in [0.15, 0.2) is 6.10 Å². The molecule has 3 N–H and O–H groups in total. The highest BCUT2D eigenvalue weighted by atomic mass is 16.6. The number of rotatable bonds is 37. The summed E-state index contributed by atoms with van der Waals surface area (Å²) in [6.07, 6.45) is 31.3. The molecular formula is C42H82O9. The maximum absolute atomic E-state index is 12.6. The summed E-state index contributed by atoms with van der Waals surface area (Å²) in [5.41, 5.74) is 0. The molecule has 0 bridgehead atoms. The molecule has 0 unspecified atom stereocenters. The van der Waals surface area contributed by atoms with E-state index in [1.54, 1.807) is 0 Å². The smallest absolute Gasteiger partial charge is 0.306 e. The van der Waals surface area contributed by atoms with Gasteiger partial charge in [0.05, 0.1) is 13.2 Å². The minimum absolute atomic E-state index is 0.0644. The van der Waals surface area contributed by atoms with E-state index in [0.717, 1.165) is 57.8 Å². The fourth-order valence-corrected chi connectivity index (χ4v) is 5.67. The number of aliphatic hydroxyl groups excluding tert-OH is 3. The first-order valence-corrected chi connectivity index (χ1v) is 21.2. The largest absolute Gasteiger partial charge is 0.462 e. The third-order valence-electron chi connectivity index (χ3n) is 9.03. The van der Waals surface area contributed by atoms with E-state index < -0.39 is 12.2 Å². The van der Waals surface area contributed by atoms with Gasteiger partial charge in [-0.2, -0.15) is 0 Å². The monoisotopic (exact) mass is 731 g/mol. The molecule has 0 aromatic rings. The Balaban J connectivity index is 0. The molecule has 51 heavy (non-hydrogen) atoms. The average Bonchev–Trinajstić information content (AvgIpc) is 3.13. The highest BCUT2D eigenvalue weighted by Gasteiger charge is 2.19. The number of hydrogen-bond donors (Lipinski definition) is 3. The molecule has 9 nitrogen and oxygen atoms in total. The van der Waals surface area contributed by atoms with Crippen LogP contribution in [0.15, 0.2) is 0 Å². The second kappa shape index (κ2) is 42.7. The van der Waals surface area contributed by atoms with Crippen LogP contribution in [0.2, 0.25) is 0 Å². The van der Waals surface area contributed by atoms with Crippen molar-refractivity contribution in [3.63, 3.8) is 0 Å². The molecule has 0 aromatic carbocycles. The molecule has 0 heterocycles. The van der Waals surface area contributed by atoms with Gasteiger partial charge in [0.25, 0.3) is 0 Å². The summed E-state index contributed by atoms with van der Waals surface area (Å²) in [5, 5.41) is 24.0. The van der Waals surface area contributed by atoms with Crippen molar-refractivity contribution >= 4 is 17.9 Å². The molecule has 0 aliphatic heterocycles. The Morgan fingerprint density at radius 2 is 0.667 bits per heavy atom. The van der Waals surface area contributed by atoms with E-state index in [1.807, 2.05) is 0 Å². The Kier molecular flexibility index (Phi) is 43.0. The van der Waals surface area contributed by atoms with Gasteiger partial charge in [-0.3, -0.25) is 14.4 Å². The lowest BCUT2D eigenvalue weighted by Crippen LogP contribution is -2.30. The molecule has 0 aliphatic rings. The molecule has 0 aliphatic carbocycles. The molecule has 304 valence electrons. The molecule has 0 aromatic heterocycles. The van der Waals surface area contributed by atoms with Crippen molar-refractivity contribution in [1.29, 1.82) is 0 Å². The van der Waals surface area contributed by atoms with Crippen LogP contribution in [0.3, 0.4) is 0 Å². The van der Waals surface area contributed by atoms with Crippen LogP contribution < -0.4 is 0 Å². The fraction of sp³-hybridized carbons (Fsp3) is 0.929. The zero-order valence-electron chi connectivity index (χ0n) is 33.5. The van der Waals surface area contributed by atoms with Crippen molar-refractivity contribution < 1.29 is 43.9 Å². The molecule has 0 amide bonds. The van der Waals surface area contributed by atoms with Crippen molar-refractivity contribution in [2.24, 2.45) is 0 Å². The predicted molar refractivity (Wildman–Crippen MR) is 208 cm³/mol. The maximum atomic E-state index is 12.6. The number of esters is 3. The summed E-state index contributed by atoms with van der Waals surface area (Å²) in [4.78, 5) is 37.3. The number of carbonyl (C=O) groups is 3. The molecule has 9 heteroatoms. The summed E-state index contributed by atoms with van der Waals surface area (Å²) in [5.74, 6) is -0.870. The second-order valence-electron chi connectivity index (χ2n) is 14.2. The van der Waals surface area contributed by atoms with Crippen molar-refractivity contribution in [2.45, 2.75) is 226 Å². The van der Waals surface area contributed by atoms with Gasteiger partial charge < -0.3 is 29.5 Å². The van der Waals surface area contributed by atoms with E-state index in [0.29, 0.717) is 19.3 Å². The summed E-state index contributed by atoms with van der Waals surface area (Å²) < 4.78 is 16.5. The first-order chi connectivity index (χ1) is 24.8. The Morgan fingerprint density at radius 3 is 0.922 bits per heavy atom. The molecule has 0 saturated heterocycles. The number of ether oxygens (including phenoxy) is 3. The third kappa shape index (κ3) is 42.6. The van der Waals surface area contributed by atoms with E-state index in [-0.39, 0.29) is 44.3 Å². The summed E-state index contributed by atoms with van der Waals surface area (Å²) >= 11 is 0. The van der Waals surface area contributed by atoms with E-state index in [4.69, 9.17) is 29.5 Å². The molecule has 0 radical (unpaired) electrons. The highest BCUT2D eigenvalue weighted by Crippen LogP contribution is 2.14. The zero-order valence-corrected chi connectivity index (χ0v) is 33.5. The van der Waals surface area contributed by atoms with Gasteiger partial charge in [0, 0.05) is 19.3 Å². The van der Waals surface area contributed by atoms with Crippen molar-refractivity contribution in [3.05, 3.63) is 0 Å². The van der Waals surface area contributed by atoms with E-state index in [1.165, 1.54) is 116 Å². The molecule has 0 atom stereocenters. The first-order valence-electron chi connectivity index (χ1n) is 21.2. The van der Waals surface area contributed by atoms with Crippen molar-refractivity contribution in [3.8, 4) is 0 Å². The number of aliphatic hydroxyl groups is 3. The van der Waals surface area contributed by atoms with E-state index >= 15 is 0 Å². The van der Waals surface area contributed by atoms with Crippen LogP contribution >= 0.6 is 0 Å². The van der Waals surface area contributed by atoms with Gasteiger partial charge in [0.1, 0.15) is 19.3 Å². The topological polar surface area (TPSA) is 140 Å². The molecule has 0 saturated carbocycles.